The minimum atomic E-state index is -2.07. The fourth-order valence-electron chi connectivity index (χ4n) is 5.18. The van der Waals surface area contributed by atoms with Crippen LogP contribution in [0.5, 0.6) is 28.7 Å². The second-order valence-electron chi connectivity index (χ2n) is 10.9. The summed E-state index contributed by atoms with van der Waals surface area (Å²) in [5.41, 5.74) is -1.47. The van der Waals surface area contributed by atoms with Crippen LogP contribution < -0.4 is 10.2 Å². The molecule has 2 aliphatic rings. The molecule has 18 heteroatoms. The molecule has 0 amide bonds. The van der Waals surface area contributed by atoms with Gasteiger partial charge < -0.3 is 79.2 Å². The molecule has 0 bridgehead atoms. The largest absolute Gasteiger partial charge is 0.508 e. The molecule has 3 aromatic rings. The zero-order chi connectivity index (χ0) is 34.3. The predicted octanol–water partition coefficient (Wildman–Crippen LogP) is -2.14. The van der Waals surface area contributed by atoms with E-state index in [9.17, 15) is 60.7 Å². The van der Waals surface area contributed by atoms with Crippen molar-refractivity contribution in [2.24, 2.45) is 0 Å². The van der Waals surface area contributed by atoms with Gasteiger partial charge in [0.05, 0.1) is 6.61 Å². The minimum absolute atomic E-state index is 0.0703. The first-order valence-corrected chi connectivity index (χ1v) is 14.0. The summed E-state index contributed by atoms with van der Waals surface area (Å²) in [4.78, 5) is 25.0. The van der Waals surface area contributed by atoms with Gasteiger partial charge in [-0.3, -0.25) is 9.59 Å². The maximum atomic E-state index is 13.7. The van der Waals surface area contributed by atoms with Crippen LogP contribution in [0.1, 0.15) is 6.92 Å². The van der Waals surface area contributed by atoms with Crippen LogP contribution >= 0.6 is 0 Å². The van der Waals surface area contributed by atoms with Crippen LogP contribution in [0.25, 0.3) is 22.3 Å². The quantitative estimate of drug-likeness (QED) is 0.0904. The Hall–Kier alpha value is -4.24. The van der Waals surface area contributed by atoms with Crippen molar-refractivity contribution in [1.82, 2.24) is 0 Å². The van der Waals surface area contributed by atoms with Crippen molar-refractivity contribution in [2.75, 3.05) is 13.2 Å². The number of hydrogen-bond donors (Lipinski definition) is 10. The van der Waals surface area contributed by atoms with Crippen molar-refractivity contribution in [3.05, 3.63) is 40.6 Å². The van der Waals surface area contributed by atoms with E-state index in [-0.39, 0.29) is 11.1 Å². The molecule has 10 atom stereocenters. The van der Waals surface area contributed by atoms with E-state index in [0.29, 0.717) is 0 Å². The Morgan fingerprint density at radius 2 is 1.51 bits per heavy atom. The number of carbonyl (C=O) groups is 1. The number of rotatable bonds is 8. The number of phenolic OH excluding ortho intramolecular Hbond substituents is 4. The predicted molar refractivity (Wildman–Crippen MR) is 151 cm³/mol. The lowest BCUT2D eigenvalue weighted by molar-refractivity contribution is -0.353. The molecule has 10 unspecified atom stereocenters. The number of benzene rings is 2. The molecule has 0 saturated carbocycles. The van der Waals surface area contributed by atoms with Gasteiger partial charge >= 0.3 is 5.97 Å². The minimum Gasteiger partial charge on any atom is -0.508 e. The van der Waals surface area contributed by atoms with E-state index in [2.05, 4.69) is 0 Å². The Bertz CT molecular complexity index is 1670. The summed E-state index contributed by atoms with van der Waals surface area (Å²) in [5, 5.41) is 103. The second-order valence-corrected chi connectivity index (χ2v) is 10.9. The smallest absolute Gasteiger partial charge is 0.302 e. The third-order valence-corrected chi connectivity index (χ3v) is 7.62. The highest BCUT2D eigenvalue weighted by atomic mass is 16.7. The average Bonchev–Trinajstić information content (AvgIpc) is 3.01. The molecule has 10 N–H and O–H groups in total. The molecular formula is C29H32O18. The Kier molecular flexibility index (Phi) is 9.78. The number of aromatic hydroxyl groups is 4. The first kappa shape index (κ1) is 34.1. The van der Waals surface area contributed by atoms with Crippen LogP contribution in [0.3, 0.4) is 0 Å². The summed E-state index contributed by atoms with van der Waals surface area (Å²) in [7, 11) is 0. The third-order valence-electron chi connectivity index (χ3n) is 7.62. The molecule has 0 aliphatic carbocycles. The number of phenols is 4. The number of esters is 1. The van der Waals surface area contributed by atoms with E-state index >= 15 is 0 Å². The molecule has 2 aliphatic heterocycles. The first-order chi connectivity index (χ1) is 22.2. The highest BCUT2D eigenvalue weighted by Crippen LogP contribution is 2.40. The van der Waals surface area contributed by atoms with Gasteiger partial charge in [-0.05, 0) is 18.2 Å². The van der Waals surface area contributed by atoms with Gasteiger partial charge in [0.25, 0.3) is 0 Å². The second kappa shape index (κ2) is 13.5. The average molecular weight is 669 g/mol. The Labute approximate surface area is 263 Å². The molecule has 1 aromatic heterocycles. The molecular weight excluding hydrogens is 636 g/mol. The van der Waals surface area contributed by atoms with Gasteiger partial charge in [-0.15, -0.1) is 0 Å². The van der Waals surface area contributed by atoms with Crippen molar-refractivity contribution >= 4 is 16.9 Å². The van der Waals surface area contributed by atoms with Gasteiger partial charge in [0.1, 0.15) is 77.9 Å². The van der Waals surface area contributed by atoms with Crippen molar-refractivity contribution in [3.8, 4) is 40.1 Å². The molecule has 2 saturated heterocycles. The Balaban J connectivity index is 1.52. The van der Waals surface area contributed by atoms with Gasteiger partial charge in [-0.2, -0.15) is 0 Å². The van der Waals surface area contributed by atoms with Gasteiger partial charge in [-0.25, -0.2) is 0 Å². The van der Waals surface area contributed by atoms with E-state index in [0.717, 1.165) is 31.2 Å². The van der Waals surface area contributed by atoms with E-state index in [1.165, 1.54) is 6.07 Å². The topological polar surface area (TPSA) is 296 Å². The summed E-state index contributed by atoms with van der Waals surface area (Å²) in [5.74, 6) is -4.29. The van der Waals surface area contributed by atoms with Crippen LogP contribution in [0, 0.1) is 0 Å². The van der Waals surface area contributed by atoms with Crippen molar-refractivity contribution in [2.45, 2.75) is 68.3 Å². The highest BCUT2D eigenvalue weighted by molar-refractivity contribution is 5.88. The van der Waals surface area contributed by atoms with Gasteiger partial charge in [0.2, 0.25) is 17.5 Å². The highest BCUT2D eigenvalue weighted by Gasteiger charge is 2.52. The molecule has 47 heavy (non-hydrogen) atoms. The van der Waals surface area contributed by atoms with Crippen LogP contribution in [0.4, 0.5) is 0 Å². The number of hydrogen-bond acceptors (Lipinski definition) is 18. The summed E-state index contributed by atoms with van der Waals surface area (Å²) in [6.07, 6.45) is -18.2. The SMILES string of the molecule is CC(=O)OCC1OC(OC2C(O)C(CO)OC(Oc3c(-c4ccc(O)c(O)c4)oc4cc(O)cc(O)c4c3=O)C2O)C(O)C(O)C1O. The molecule has 256 valence electrons. The molecule has 5 rings (SSSR count). The van der Waals surface area contributed by atoms with Crippen molar-refractivity contribution in [1.29, 1.82) is 0 Å². The lowest BCUT2D eigenvalue weighted by Crippen LogP contribution is -2.65. The van der Waals surface area contributed by atoms with Gasteiger partial charge in [0.15, 0.2) is 23.5 Å². The third kappa shape index (κ3) is 6.63. The number of aliphatic hydroxyl groups excluding tert-OH is 6. The summed E-state index contributed by atoms with van der Waals surface area (Å²) < 4.78 is 32.9. The summed E-state index contributed by atoms with van der Waals surface area (Å²) >= 11 is 0. The molecule has 0 radical (unpaired) electrons. The molecule has 3 heterocycles. The normalized spacial score (nSPS) is 31.0. The van der Waals surface area contributed by atoms with E-state index in [4.69, 9.17) is 28.1 Å². The molecule has 2 fully saturated rings. The first-order valence-electron chi connectivity index (χ1n) is 14.0. The number of ether oxygens (including phenoxy) is 5. The maximum Gasteiger partial charge on any atom is 0.302 e. The fraction of sp³-hybridized carbons (Fsp3) is 0.448. The van der Waals surface area contributed by atoms with E-state index in [1.54, 1.807) is 0 Å². The zero-order valence-corrected chi connectivity index (χ0v) is 24.3. The maximum absolute atomic E-state index is 13.7. The van der Waals surface area contributed by atoms with Crippen molar-refractivity contribution < 1.29 is 84.0 Å². The van der Waals surface area contributed by atoms with E-state index < -0.39 is 126 Å². The lowest BCUT2D eigenvalue weighted by Gasteiger charge is -2.45. The van der Waals surface area contributed by atoms with Crippen LogP contribution in [0.15, 0.2) is 39.5 Å². The van der Waals surface area contributed by atoms with Crippen molar-refractivity contribution in [3.63, 3.8) is 0 Å². The Morgan fingerprint density at radius 3 is 2.17 bits per heavy atom. The molecule has 18 nitrogen and oxygen atoms in total. The monoisotopic (exact) mass is 668 g/mol. The standard InChI is InChI=1S/C29H32O18/c1-9(31)42-8-17-19(36)22(39)23(40)28(45-17)46-26-20(37)16(7-30)44-29(24(26)41)47-27-21(38)18-14(35)5-11(32)6-15(18)43-25(27)10-2-3-12(33)13(34)4-10/h2-6,16-17,19-20,22-24,26,28-30,32-37,39-41H,7-8H2,1H3. The Morgan fingerprint density at radius 1 is 0.809 bits per heavy atom. The number of fused-ring (bicyclic) bond motifs is 1. The van der Waals surface area contributed by atoms with Crippen LogP contribution in [-0.2, 0) is 23.7 Å². The molecule has 0 spiro atoms. The number of aliphatic hydroxyl groups is 6. The number of carbonyl (C=O) groups excluding carboxylic acids is 1. The van der Waals surface area contributed by atoms with Gasteiger partial charge in [0, 0.05) is 24.6 Å². The fourth-order valence-corrected chi connectivity index (χ4v) is 5.18. The van der Waals surface area contributed by atoms with E-state index in [1.807, 2.05) is 0 Å². The summed E-state index contributed by atoms with van der Waals surface area (Å²) in [6.45, 7) is -0.388. The zero-order valence-electron chi connectivity index (χ0n) is 24.3. The lowest BCUT2D eigenvalue weighted by atomic mass is 9.97. The molecule has 2 aromatic carbocycles. The van der Waals surface area contributed by atoms with Crippen LogP contribution in [-0.4, -0.2) is 132 Å². The van der Waals surface area contributed by atoms with Crippen LogP contribution in [0.2, 0.25) is 0 Å². The van der Waals surface area contributed by atoms with Gasteiger partial charge in [-0.1, -0.05) is 0 Å². The summed E-state index contributed by atoms with van der Waals surface area (Å²) in [6, 6.07) is 5.12.